The Morgan fingerprint density at radius 3 is 2.29 bits per heavy atom. The topological polar surface area (TPSA) is 34.1 Å². The third kappa shape index (κ3) is 4.82. The summed E-state index contributed by atoms with van der Waals surface area (Å²) in [6.45, 7) is 5.88. The molecule has 1 aromatic carbocycles. The van der Waals surface area contributed by atoms with Crippen molar-refractivity contribution in [2.24, 2.45) is 0 Å². The molecule has 0 aliphatic carbocycles. The fourth-order valence-corrected chi connectivity index (χ4v) is 2.46. The van der Waals surface area contributed by atoms with Gasteiger partial charge in [-0.15, -0.1) is 0 Å². The summed E-state index contributed by atoms with van der Waals surface area (Å²) in [7, 11) is -0.862. The van der Waals surface area contributed by atoms with Crippen LogP contribution in [-0.2, 0) is 10.8 Å². The third-order valence-corrected chi connectivity index (χ3v) is 4.54. The zero-order valence-electron chi connectivity index (χ0n) is 10.7. The van der Waals surface area contributed by atoms with Gasteiger partial charge in [0.2, 0.25) is 0 Å². The van der Waals surface area contributed by atoms with Crippen LogP contribution in [0, 0.1) is 0 Å². The van der Waals surface area contributed by atoms with E-state index in [1.807, 2.05) is 51.1 Å². The van der Waals surface area contributed by atoms with Crippen LogP contribution in [0.15, 0.2) is 30.3 Å². The fraction of sp³-hybridized carbons (Fsp3) is 0.500. The van der Waals surface area contributed by atoms with Crippen LogP contribution in [0.2, 0.25) is 0 Å². The summed E-state index contributed by atoms with van der Waals surface area (Å²) in [5.41, 5.74) is 0.744. The minimum absolute atomic E-state index is 0.136. The molecule has 17 heavy (non-hydrogen) atoms. The molecule has 0 amide bonds. The SMILES string of the molecule is CC(C)(C)S(=O)CCCC(=O)c1ccccc1. The van der Waals surface area contributed by atoms with Gasteiger partial charge in [0.05, 0.1) is 0 Å². The van der Waals surface area contributed by atoms with Crippen LogP contribution in [0.5, 0.6) is 0 Å². The van der Waals surface area contributed by atoms with Crippen molar-refractivity contribution in [1.82, 2.24) is 0 Å². The van der Waals surface area contributed by atoms with Crippen molar-refractivity contribution < 1.29 is 9.00 Å². The maximum Gasteiger partial charge on any atom is 0.162 e. The highest BCUT2D eigenvalue weighted by Crippen LogP contribution is 2.13. The Bertz CT molecular complexity index is 390. The molecule has 2 nitrogen and oxygen atoms in total. The van der Waals surface area contributed by atoms with Gasteiger partial charge in [0, 0.05) is 33.3 Å². The summed E-state index contributed by atoms with van der Waals surface area (Å²) < 4.78 is 11.6. The van der Waals surface area contributed by atoms with Crippen molar-refractivity contribution >= 4 is 16.6 Å². The summed E-state index contributed by atoms with van der Waals surface area (Å²) in [6, 6.07) is 9.26. The first-order valence-corrected chi connectivity index (χ1v) is 7.20. The maximum absolute atomic E-state index is 11.8. The lowest BCUT2D eigenvalue weighted by Gasteiger charge is -2.17. The summed E-state index contributed by atoms with van der Waals surface area (Å²) in [5.74, 6) is 0.735. The molecule has 1 unspecified atom stereocenters. The van der Waals surface area contributed by atoms with E-state index in [1.165, 1.54) is 0 Å². The molecule has 0 N–H and O–H groups in total. The highest BCUT2D eigenvalue weighted by atomic mass is 32.2. The van der Waals surface area contributed by atoms with Crippen molar-refractivity contribution in [2.45, 2.75) is 38.4 Å². The summed E-state index contributed by atoms with van der Waals surface area (Å²) in [5, 5.41) is 0. The first-order valence-electron chi connectivity index (χ1n) is 5.88. The summed E-state index contributed by atoms with van der Waals surface area (Å²) >= 11 is 0. The number of Topliss-reactive ketones (excluding diaryl/α,β-unsaturated/α-hetero) is 1. The van der Waals surface area contributed by atoms with E-state index in [9.17, 15) is 9.00 Å². The zero-order valence-corrected chi connectivity index (χ0v) is 11.5. The van der Waals surface area contributed by atoms with E-state index in [-0.39, 0.29) is 10.5 Å². The first kappa shape index (κ1) is 14.1. The van der Waals surface area contributed by atoms with Gasteiger partial charge in [0.1, 0.15) is 0 Å². The van der Waals surface area contributed by atoms with Crippen LogP contribution < -0.4 is 0 Å². The molecule has 0 saturated heterocycles. The molecular formula is C14H20O2S. The lowest BCUT2D eigenvalue weighted by atomic mass is 10.1. The minimum atomic E-state index is -0.862. The van der Waals surface area contributed by atoms with Crippen LogP contribution in [0.1, 0.15) is 44.0 Å². The van der Waals surface area contributed by atoms with Gasteiger partial charge in [0.25, 0.3) is 0 Å². The van der Waals surface area contributed by atoms with Gasteiger partial charge in [-0.3, -0.25) is 9.00 Å². The molecule has 0 spiro atoms. The van der Waals surface area contributed by atoms with E-state index < -0.39 is 10.8 Å². The largest absolute Gasteiger partial charge is 0.294 e. The molecule has 3 heteroatoms. The van der Waals surface area contributed by atoms with E-state index in [4.69, 9.17) is 0 Å². The molecule has 0 heterocycles. The number of carbonyl (C=O) groups excluding carboxylic acids is 1. The van der Waals surface area contributed by atoms with Crippen molar-refractivity contribution in [2.75, 3.05) is 5.75 Å². The molecular weight excluding hydrogens is 232 g/mol. The van der Waals surface area contributed by atoms with Crippen molar-refractivity contribution in [3.05, 3.63) is 35.9 Å². The molecule has 0 aliphatic heterocycles. The van der Waals surface area contributed by atoms with Crippen LogP contribution in [0.25, 0.3) is 0 Å². The van der Waals surface area contributed by atoms with E-state index in [1.54, 1.807) is 0 Å². The number of carbonyl (C=O) groups is 1. The van der Waals surface area contributed by atoms with Gasteiger partial charge in [-0.1, -0.05) is 30.3 Å². The van der Waals surface area contributed by atoms with E-state index in [2.05, 4.69) is 0 Å². The monoisotopic (exact) mass is 252 g/mol. The van der Waals surface area contributed by atoms with Gasteiger partial charge in [-0.25, -0.2) is 0 Å². The Hall–Kier alpha value is -0.960. The Balaban J connectivity index is 2.38. The molecule has 0 fully saturated rings. The Morgan fingerprint density at radius 1 is 1.18 bits per heavy atom. The quantitative estimate of drug-likeness (QED) is 0.754. The molecule has 1 rings (SSSR count). The van der Waals surface area contributed by atoms with Crippen LogP contribution in [0.4, 0.5) is 0 Å². The second-order valence-electron chi connectivity index (χ2n) is 5.05. The van der Waals surface area contributed by atoms with E-state index in [0.29, 0.717) is 18.6 Å². The van der Waals surface area contributed by atoms with E-state index in [0.717, 1.165) is 5.56 Å². The highest BCUT2D eigenvalue weighted by Gasteiger charge is 2.19. The number of ketones is 1. The Labute approximate surface area is 106 Å². The second-order valence-corrected chi connectivity index (χ2v) is 7.38. The van der Waals surface area contributed by atoms with Crippen LogP contribution in [-0.4, -0.2) is 20.5 Å². The lowest BCUT2D eigenvalue weighted by molar-refractivity contribution is 0.0982. The minimum Gasteiger partial charge on any atom is -0.294 e. The number of hydrogen-bond acceptors (Lipinski definition) is 2. The molecule has 0 bridgehead atoms. The fourth-order valence-electron chi connectivity index (χ4n) is 1.44. The highest BCUT2D eigenvalue weighted by molar-refractivity contribution is 7.86. The van der Waals surface area contributed by atoms with Gasteiger partial charge < -0.3 is 0 Å². The smallest absolute Gasteiger partial charge is 0.162 e. The predicted molar refractivity (Wildman–Crippen MR) is 72.8 cm³/mol. The second kappa shape index (κ2) is 6.10. The zero-order chi connectivity index (χ0) is 12.9. The molecule has 1 aromatic rings. The predicted octanol–water partition coefficient (Wildman–Crippen LogP) is 3.20. The van der Waals surface area contributed by atoms with Crippen molar-refractivity contribution in [3.8, 4) is 0 Å². The van der Waals surface area contributed by atoms with Crippen molar-refractivity contribution in [3.63, 3.8) is 0 Å². The third-order valence-electron chi connectivity index (χ3n) is 2.51. The lowest BCUT2D eigenvalue weighted by Crippen LogP contribution is -2.24. The molecule has 0 radical (unpaired) electrons. The molecule has 0 aromatic heterocycles. The number of rotatable bonds is 5. The molecule has 1 atom stereocenters. The van der Waals surface area contributed by atoms with Gasteiger partial charge in [-0.05, 0) is 27.2 Å². The molecule has 0 saturated carbocycles. The Morgan fingerprint density at radius 2 is 1.76 bits per heavy atom. The van der Waals surface area contributed by atoms with Crippen LogP contribution >= 0.6 is 0 Å². The average molecular weight is 252 g/mol. The molecule has 94 valence electrons. The van der Waals surface area contributed by atoms with E-state index >= 15 is 0 Å². The van der Waals surface area contributed by atoms with Crippen molar-refractivity contribution in [1.29, 1.82) is 0 Å². The maximum atomic E-state index is 11.8. The van der Waals surface area contributed by atoms with Gasteiger partial charge >= 0.3 is 0 Å². The summed E-state index contributed by atoms with van der Waals surface area (Å²) in [6.07, 6.45) is 1.17. The molecule has 0 aliphatic rings. The average Bonchev–Trinajstić information content (AvgIpc) is 2.28. The summed E-state index contributed by atoms with van der Waals surface area (Å²) in [4.78, 5) is 11.8. The first-order chi connectivity index (χ1) is 7.91. The number of benzene rings is 1. The Kier molecular flexibility index (Phi) is 5.06. The number of hydrogen-bond donors (Lipinski definition) is 0. The standard InChI is InChI=1S/C14H20O2S/c1-14(2,3)17(16)11-7-10-13(15)12-8-5-4-6-9-12/h4-6,8-9H,7,10-11H2,1-3H3. The van der Waals surface area contributed by atoms with Crippen LogP contribution in [0.3, 0.4) is 0 Å². The normalized spacial score (nSPS) is 13.4. The van der Waals surface area contributed by atoms with Gasteiger partial charge in [-0.2, -0.15) is 0 Å². The van der Waals surface area contributed by atoms with Gasteiger partial charge in [0.15, 0.2) is 5.78 Å².